The van der Waals surface area contributed by atoms with Crippen LogP contribution in [0.1, 0.15) is 38.4 Å². The van der Waals surface area contributed by atoms with Crippen molar-refractivity contribution in [3.8, 4) is 0 Å². The molecule has 0 aromatic heterocycles. The molecule has 1 N–H and O–H groups in total. The molecule has 0 amide bonds. The van der Waals surface area contributed by atoms with Gasteiger partial charge in [-0.25, -0.2) is 4.39 Å². The summed E-state index contributed by atoms with van der Waals surface area (Å²) < 4.78 is 18.8. The monoisotopic (exact) mass is 237 g/mol. The topological polar surface area (TPSA) is 21.3 Å². The van der Waals surface area contributed by atoms with Crippen LogP contribution in [0.3, 0.4) is 0 Å². The summed E-state index contributed by atoms with van der Waals surface area (Å²) in [7, 11) is 0. The number of ether oxygens (including phenoxy) is 1. The number of hydrogen-bond donors (Lipinski definition) is 1. The van der Waals surface area contributed by atoms with Crippen LogP contribution in [0.5, 0.6) is 0 Å². The van der Waals surface area contributed by atoms with E-state index < -0.39 is 0 Å². The molecule has 1 saturated heterocycles. The lowest BCUT2D eigenvalue weighted by Gasteiger charge is -2.24. The van der Waals surface area contributed by atoms with Gasteiger partial charge in [0.15, 0.2) is 0 Å². The van der Waals surface area contributed by atoms with Gasteiger partial charge >= 0.3 is 0 Å². The maximum absolute atomic E-state index is 12.9. The van der Waals surface area contributed by atoms with Crippen molar-refractivity contribution in [1.29, 1.82) is 0 Å². The second kappa shape index (κ2) is 5.61. The lowest BCUT2D eigenvalue weighted by molar-refractivity contribution is 0.0461. The van der Waals surface area contributed by atoms with Crippen LogP contribution in [-0.4, -0.2) is 18.7 Å². The van der Waals surface area contributed by atoms with Crippen LogP contribution in [-0.2, 0) is 4.74 Å². The van der Waals surface area contributed by atoms with Crippen LogP contribution < -0.4 is 5.32 Å². The Labute approximate surface area is 102 Å². The SMILES string of the molecule is CCC1CCOC(c2ccc(F)cc2)C(C)N1. The Morgan fingerprint density at radius 3 is 2.71 bits per heavy atom. The third kappa shape index (κ3) is 3.05. The molecule has 17 heavy (non-hydrogen) atoms. The third-order valence-corrected chi connectivity index (χ3v) is 3.41. The van der Waals surface area contributed by atoms with Crippen molar-refractivity contribution in [1.82, 2.24) is 5.32 Å². The van der Waals surface area contributed by atoms with E-state index in [1.807, 2.05) is 12.1 Å². The van der Waals surface area contributed by atoms with Gasteiger partial charge in [0.2, 0.25) is 0 Å². The zero-order valence-corrected chi connectivity index (χ0v) is 10.4. The summed E-state index contributed by atoms with van der Waals surface area (Å²) in [4.78, 5) is 0. The van der Waals surface area contributed by atoms with E-state index in [0.717, 1.165) is 25.0 Å². The average Bonchev–Trinajstić information content (AvgIpc) is 2.52. The molecule has 3 heteroatoms. The molecular weight excluding hydrogens is 217 g/mol. The molecule has 1 aliphatic rings. The number of rotatable bonds is 2. The molecule has 0 radical (unpaired) electrons. The Morgan fingerprint density at radius 1 is 1.35 bits per heavy atom. The van der Waals surface area contributed by atoms with Crippen molar-refractivity contribution in [3.05, 3.63) is 35.6 Å². The lowest BCUT2D eigenvalue weighted by Crippen LogP contribution is -2.37. The van der Waals surface area contributed by atoms with Gasteiger partial charge < -0.3 is 10.1 Å². The van der Waals surface area contributed by atoms with Gasteiger partial charge in [-0.2, -0.15) is 0 Å². The molecule has 0 aliphatic carbocycles. The summed E-state index contributed by atoms with van der Waals surface area (Å²) in [5, 5.41) is 3.57. The summed E-state index contributed by atoms with van der Waals surface area (Å²) in [5.41, 5.74) is 1.04. The largest absolute Gasteiger partial charge is 0.372 e. The Bertz CT molecular complexity index is 352. The number of benzene rings is 1. The maximum Gasteiger partial charge on any atom is 0.123 e. The van der Waals surface area contributed by atoms with Crippen LogP contribution in [0.25, 0.3) is 0 Å². The number of nitrogens with one attached hydrogen (secondary N) is 1. The molecule has 1 aromatic carbocycles. The van der Waals surface area contributed by atoms with E-state index in [4.69, 9.17) is 4.74 Å². The van der Waals surface area contributed by atoms with Crippen LogP contribution >= 0.6 is 0 Å². The molecular formula is C14H20FNO. The van der Waals surface area contributed by atoms with E-state index in [0.29, 0.717) is 6.04 Å². The third-order valence-electron chi connectivity index (χ3n) is 3.41. The zero-order chi connectivity index (χ0) is 12.3. The van der Waals surface area contributed by atoms with Gasteiger partial charge in [0, 0.05) is 18.7 Å². The summed E-state index contributed by atoms with van der Waals surface area (Å²) >= 11 is 0. The van der Waals surface area contributed by atoms with Crippen LogP contribution in [0.4, 0.5) is 4.39 Å². The first-order chi connectivity index (χ1) is 8.20. The molecule has 1 fully saturated rings. The summed E-state index contributed by atoms with van der Waals surface area (Å²) in [6, 6.07) is 7.39. The van der Waals surface area contributed by atoms with Crippen molar-refractivity contribution in [3.63, 3.8) is 0 Å². The average molecular weight is 237 g/mol. The smallest absolute Gasteiger partial charge is 0.123 e. The van der Waals surface area contributed by atoms with E-state index in [9.17, 15) is 4.39 Å². The fourth-order valence-corrected chi connectivity index (χ4v) is 2.38. The van der Waals surface area contributed by atoms with Crippen molar-refractivity contribution < 1.29 is 9.13 Å². The van der Waals surface area contributed by atoms with E-state index >= 15 is 0 Å². The fourth-order valence-electron chi connectivity index (χ4n) is 2.38. The van der Waals surface area contributed by atoms with Gasteiger partial charge in [-0.1, -0.05) is 19.1 Å². The highest BCUT2D eigenvalue weighted by Gasteiger charge is 2.25. The van der Waals surface area contributed by atoms with Gasteiger partial charge in [0.05, 0.1) is 6.10 Å². The second-order valence-corrected chi connectivity index (χ2v) is 4.69. The molecule has 0 bridgehead atoms. The van der Waals surface area contributed by atoms with Crippen molar-refractivity contribution in [2.75, 3.05) is 6.61 Å². The molecule has 0 spiro atoms. The molecule has 2 rings (SSSR count). The van der Waals surface area contributed by atoms with E-state index in [2.05, 4.69) is 19.2 Å². The van der Waals surface area contributed by atoms with E-state index in [1.54, 1.807) is 0 Å². The normalized spacial score (nSPS) is 29.9. The highest BCUT2D eigenvalue weighted by molar-refractivity contribution is 5.20. The highest BCUT2D eigenvalue weighted by Crippen LogP contribution is 2.25. The van der Waals surface area contributed by atoms with Gasteiger partial charge in [0.25, 0.3) is 0 Å². The fraction of sp³-hybridized carbons (Fsp3) is 0.571. The first-order valence-electron chi connectivity index (χ1n) is 6.34. The van der Waals surface area contributed by atoms with Gasteiger partial charge in [-0.05, 0) is 37.5 Å². The first-order valence-corrected chi connectivity index (χ1v) is 6.34. The number of halogens is 1. The standard InChI is InChI=1S/C14H20FNO/c1-3-13-8-9-17-14(10(2)16-13)11-4-6-12(15)7-5-11/h4-7,10,13-14,16H,3,8-9H2,1-2H3. The molecule has 3 atom stereocenters. The van der Waals surface area contributed by atoms with E-state index in [1.165, 1.54) is 12.1 Å². The lowest BCUT2D eigenvalue weighted by atomic mass is 10.0. The predicted molar refractivity (Wildman–Crippen MR) is 66.4 cm³/mol. The summed E-state index contributed by atoms with van der Waals surface area (Å²) in [6.07, 6.45) is 2.18. The second-order valence-electron chi connectivity index (χ2n) is 4.69. The molecule has 0 saturated carbocycles. The van der Waals surface area contributed by atoms with Crippen molar-refractivity contribution in [2.45, 2.75) is 44.9 Å². The Morgan fingerprint density at radius 2 is 2.06 bits per heavy atom. The Balaban J connectivity index is 2.12. The molecule has 94 valence electrons. The predicted octanol–water partition coefficient (Wildman–Crippen LogP) is 3.04. The van der Waals surface area contributed by atoms with Crippen LogP contribution in [0.15, 0.2) is 24.3 Å². The maximum atomic E-state index is 12.9. The van der Waals surface area contributed by atoms with Crippen molar-refractivity contribution in [2.24, 2.45) is 0 Å². The van der Waals surface area contributed by atoms with E-state index in [-0.39, 0.29) is 18.0 Å². The molecule has 1 heterocycles. The van der Waals surface area contributed by atoms with Gasteiger partial charge in [-0.3, -0.25) is 0 Å². The first kappa shape index (κ1) is 12.5. The minimum absolute atomic E-state index is 0.0205. The van der Waals surface area contributed by atoms with Gasteiger partial charge in [-0.15, -0.1) is 0 Å². The zero-order valence-electron chi connectivity index (χ0n) is 10.4. The molecule has 3 unspecified atom stereocenters. The van der Waals surface area contributed by atoms with Crippen LogP contribution in [0, 0.1) is 5.82 Å². The Hall–Kier alpha value is -0.930. The molecule has 1 aliphatic heterocycles. The van der Waals surface area contributed by atoms with Crippen LogP contribution in [0.2, 0.25) is 0 Å². The number of hydrogen-bond acceptors (Lipinski definition) is 2. The molecule has 2 nitrogen and oxygen atoms in total. The summed E-state index contributed by atoms with van der Waals surface area (Å²) in [5.74, 6) is -0.200. The Kier molecular flexibility index (Phi) is 4.13. The minimum Gasteiger partial charge on any atom is -0.372 e. The molecule has 1 aromatic rings. The quantitative estimate of drug-likeness (QED) is 0.853. The summed E-state index contributed by atoms with van der Waals surface area (Å²) in [6.45, 7) is 5.07. The van der Waals surface area contributed by atoms with Crippen molar-refractivity contribution >= 4 is 0 Å². The van der Waals surface area contributed by atoms with Gasteiger partial charge in [0.1, 0.15) is 5.82 Å². The minimum atomic E-state index is -0.200. The highest BCUT2D eigenvalue weighted by atomic mass is 19.1.